The molecule has 0 unspecified atom stereocenters. The number of aromatic nitrogens is 2. The van der Waals surface area contributed by atoms with E-state index in [4.69, 9.17) is 0 Å². The first kappa shape index (κ1) is 15.7. The molecule has 0 aliphatic carbocycles. The molecule has 23 heavy (non-hydrogen) atoms. The van der Waals surface area contributed by atoms with Crippen LogP contribution < -0.4 is 5.43 Å². The van der Waals surface area contributed by atoms with Gasteiger partial charge in [0.25, 0.3) is 5.91 Å². The maximum atomic E-state index is 12.2. The van der Waals surface area contributed by atoms with Crippen LogP contribution in [-0.2, 0) is 6.54 Å². The SMILES string of the molecule is Cc1ccc(Cn2nc(C)c3cc(C(=O)NN(C)C)sc32)cc1. The van der Waals surface area contributed by atoms with Crippen molar-refractivity contribution in [2.45, 2.75) is 20.4 Å². The average molecular weight is 328 g/mol. The van der Waals surface area contributed by atoms with Crippen molar-refractivity contribution >= 4 is 27.5 Å². The molecular weight excluding hydrogens is 308 g/mol. The summed E-state index contributed by atoms with van der Waals surface area (Å²) < 4.78 is 1.98. The minimum absolute atomic E-state index is 0.0857. The molecule has 0 aliphatic heterocycles. The molecule has 0 saturated carbocycles. The number of thiophene rings is 1. The van der Waals surface area contributed by atoms with Crippen molar-refractivity contribution < 1.29 is 4.79 Å². The van der Waals surface area contributed by atoms with Gasteiger partial charge in [0.05, 0.1) is 17.1 Å². The van der Waals surface area contributed by atoms with Crippen LogP contribution in [0.5, 0.6) is 0 Å². The second kappa shape index (κ2) is 6.14. The van der Waals surface area contributed by atoms with E-state index in [1.165, 1.54) is 22.5 Å². The number of nitrogens with zero attached hydrogens (tertiary/aromatic N) is 3. The highest BCUT2D eigenvalue weighted by atomic mass is 32.1. The summed E-state index contributed by atoms with van der Waals surface area (Å²) in [5.74, 6) is -0.0857. The quantitative estimate of drug-likeness (QED) is 0.749. The summed E-state index contributed by atoms with van der Waals surface area (Å²) in [5, 5.41) is 7.31. The van der Waals surface area contributed by atoms with Crippen LogP contribution in [-0.4, -0.2) is 34.8 Å². The Bertz CT molecular complexity index is 845. The number of aryl methyl sites for hydroxylation is 2. The van der Waals surface area contributed by atoms with E-state index >= 15 is 0 Å². The number of benzene rings is 1. The smallest absolute Gasteiger partial charge is 0.275 e. The summed E-state index contributed by atoms with van der Waals surface area (Å²) in [6, 6.07) is 10.4. The van der Waals surface area contributed by atoms with E-state index in [9.17, 15) is 4.79 Å². The molecule has 1 amide bonds. The number of hydrazine groups is 1. The predicted molar refractivity (Wildman–Crippen MR) is 93.8 cm³/mol. The number of carbonyl (C=O) groups is 1. The molecule has 6 heteroatoms. The van der Waals surface area contributed by atoms with Gasteiger partial charge in [-0.1, -0.05) is 29.8 Å². The molecule has 1 aromatic carbocycles. The van der Waals surface area contributed by atoms with Crippen molar-refractivity contribution in [1.29, 1.82) is 0 Å². The van der Waals surface area contributed by atoms with E-state index in [1.807, 2.05) is 17.7 Å². The lowest BCUT2D eigenvalue weighted by Gasteiger charge is -2.10. The number of rotatable bonds is 4. The van der Waals surface area contributed by atoms with Crippen LogP contribution in [0.25, 0.3) is 10.2 Å². The van der Waals surface area contributed by atoms with Gasteiger partial charge in [0.15, 0.2) is 0 Å². The summed E-state index contributed by atoms with van der Waals surface area (Å²) in [5.41, 5.74) is 6.18. The minimum atomic E-state index is -0.0857. The summed E-state index contributed by atoms with van der Waals surface area (Å²) in [6.07, 6.45) is 0. The summed E-state index contributed by atoms with van der Waals surface area (Å²) >= 11 is 1.48. The van der Waals surface area contributed by atoms with Crippen molar-refractivity contribution in [1.82, 2.24) is 20.2 Å². The Labute approximate surface area is 139 Å². The lowest BCUT2D eigenvalue weighted by atomic mass is 10.1. The van der Waals surface area contributed by atoms with Crippen LogP contribution in [0.1, 0.15) is 26.5 Å². The summed E-state index contributed by atoms with van der Waals surface area (Å²) in [7, 11) is 3.60. The molecule has 0 bridgehead atoms. The standard InChI is InChI=1S/C17H20N4OS/c1-11-5-7-13(8-6-11)10-21-17-14(12(2)18-21)9-15(23-17)16(22)19-20(3)4/h5-9H,10H2,1-4H3,(H,19,22). The van der Waals surface area contributed by atoms with E-state index in [0.29, 0.717) is 11.4 Å². The molecule has 0 atom stereocenters. The van der Waals surface area contributed by atoms with E-state index < -0.39 is 0 Å². The van der Waals surface area contributed by atoms with Gasteiger partial charge in [-0.05, 0) is 25.5 Å². The van der Waals surface area contributed by atoms with Crippen molar-refractivity contribution in [2.75, 3.05) is 14.1 Å². The highest BCUT2D eigenvalue weighted by Crippen LogP contribution is 2.28. The molecule has 0 spiro atoms. The molecular formula is C17H20N4OS. The zero-order valence-electron chi connectivity index (χ0n) is 13.8. The lowest BCUT2D eigenvalue weighted by Crippen LogP contribution is -2.35. The van der Waals surface area contributed by atoms with Crippen molar-refractivity contribution in [3.05, 3.63) is 52.0 Å². The second-order valence-electron chi connectivity index (χ2n) is 5.89. The zero-order valence-corrected chi connectivity index (χ0v) is 14.6. The molecule has 3 aromatic rings. The monoisotopic (exact) mass is 328 g/mol. The molecule has 0 fully saturated rings. The number of nitrogens with one attached hydrogen (secondary N) is 1. The second-order valence-corrected chi connectivity index (χ2v) is 6.92. The van der Waals surface area contributed by atoms with Gasteiger partial charge < -0.3 is 0 Å². The van der Waals surface area contributed by atoms with Gasteiger partial charge in [0.2, 0.25) is 0 Å². The van der Waals surface area contributed by atoms with Crippen LogP contribution in [0.15, 0.2) is 30.3 Å². The third-order valence-electron chi connectivity index (χ3n) is 3.61. The molecule has 120 valence electrons. The Morgan fingerprint density at radius 3 is 2.61 bits per heavy atom. The Morgan fingerprint density at radius 1 is 1.26 bits per heavy atom. The van der Waals surface area contributed by atoms with Crippen LogP contribution in [0.4, 0.5) is 0 Å². The van der Waals surface area contributed by atoms with Crippen molar-refractivity contribution in [2.24, 2.45) is 0 Å². The molecule has 0 aliphatic rings. The first-order valence-corrected chi connectivity index (χ1v) is 8.26. The van der Waals surface area contributed by atoms with E-state index in [1.54, 1.807) is 19.1 Å². The van der Waals surface area contributed by atoms with Gasteiger partial charge in [-0.3, -0.25) is 14.9 Å². The van der Waals surface area contributed by atoms with E-state index in [-0.39, 0.29) is 5.91 Å². The third-order valence-corrected chi connectivity index (χ3v) is 4.76. The topological polar surface area (TPSA) is 50.2 Å². The summed E-state index contributed by atoms with van der Waals surface area (Å²) in [4.78, 5) is 13.9. The maximum absolute atomic E-state index is 12.2. The Balaban J connectivity index is 1.93. The van der Waals surface area contributed by atoms with E-state index in [0.717, 1.165) is 15.9 Å². The van der Waals surface area contributed by atoms with Crippen LogP contribution in [0.3, 0.4) is 0 Å². The highest BCUT2D eigenvalue weighted by molar-refractivity contribution is 7.20. The molecule has 0 saturated heterocycles. The fraction of sp³-hybridized carbons (Fsp3) is 0.294. The van der Waals surface area contributed by atoms with Gasteiger partial charge >= 0.3 is 0 Å². The van der Waals surface area contributed by atoms with Crippen LogP contribution in [0, 0.1) is 13.8 Å². The van der Waals surface area contributed by atoms with Crippen LogP contribution >= 0.6 is 11.3 Å². The normalized spacial score (nSPS) is 11.3. The van der Waals surface area contributed by atoms with Crippen molar-refractivity contribution in [3.63, 3.8) is 0 Å². The molecule has 3 rings (SSSR count). The molecule has 5 nitrogen and oxygen atoms in total. The fourth-order valence-electron chi connectivity index (χ4n) is 2.46. The highest BCUT2D eigenvalue weighted by Gasteiger charge is 2.16. The first-order valence-electron chi connectivity index (χ1n) is 7.45. The van der Waals surface area contributed by atoms with Gasteiger partial charge in [-0.25, -0.2) is 5.01 Å². The number of hydrogen-bond donors (Lipinski definition) is 1. The summed E-state index contributed by atoms with van der Waals surface area (Å²) in [6.45, 7) is 4.77. The zero-order chi connectivity index (χ0) is 16.6. The number of fused-ring (bicyclic) bond motifs is 1. The van der Waals surface area contributed by atoms with Gasteiger partial charge in [0.1, 0.15) is 4.83 Å². The van der Waals surface area contributed by atoms with E-state index in [2.05, 4.69) is 41.7 Å². The number of amides is 1. The van der Waals surface area contributed by atoms with Gasteiger partial charge in [-0.15, -0.1) is 11.3 Å². The van der Waals surface area contributed by atoms with Gasteiger partial charge in [0, 0.05) is 19.5 Å². The van der Waals surface area contributed by atoms with Crippen LogP contribution in [0.2, 0.25) is 0 Å². The Hall–Kier alpha value is -2.18. The predicted octanol–water partition coefficient (Wildman–Crippen LogP) is 2.97. The lowest BCUT2D eigenvalue weighted by molar-refractivity contribution is 0.0861. The molecule has 2 heterocycles. The fourth-order valence-corrected chi connectivity index (χ4v) is 3.51. The van der Waals surface area contributed by atoms with Gasteiger partial charge in [-0.2, -0.15) is 5.10 Å². The minimum Gasteiger partial charge on any atom is -0.285 e. The number of carbonyl (C=O) groups excluding carboxylic acids is 1. The van der Waals surface area contributed by atoms with Crippen molar-refractivity contribution in [3.8, 4) is 0 Å². The third kappa shape index (κ3) is 3.28. The Morgan fingerprint density at radius 2 is 1.96 bits per heavy atom. The average Bonchev–Trinajstić information content (AvgIpc) is 3.03. The maximum Gasteiger partial charge on any atom is 0.275 e. The molecule has 1 N–H and O–H groups in total. The molecule has 0 radical (unpaired) electrons. The first-order chi connectivity index (χ1) is 10.9. The molecule has 2 aromatic heterocycles. The Kier molecular flexibility index (Phi) is 4.19. The number of hydrogen-bond acceptors (Lipinski definition) is 4. The largest absolute Gasteiger partial charge is 0.285 e.